The van der Waals surface area contributed by atoms with Gasteiger partial charge in [-0.25, -0.2) is 4.39 Å². The van der Waals surface area contributed by atoms with Crippen molar-refractivity contribution in [3.05, 3.63) is 59.4 Å². The van der Waals surface area contributed by atoms with Crippen molar-refractivity contribution in [3.63, 3.8) is 0 Å². The van der Waals surface area contributed by atoms with Gasteiger partial charge in [0.1, 0.15) is 5.82 Å². The third-order valence-corrected chi connectivity index (χ3v) is 3.44. The van der Waals surface area contributed by atoms with Gasteiger partial charge in [-0.1, -0.05) is 25.1 Å². The molecule has 0 saturated heterocycles. The number of rotatable bonds is 5. The van der Waals surface area contributed by atoms with Crippen LogP contribution in [0.1, 0.15) is 24.5 Å². The maximum atomic E-state index is 13.4. The molecule has 20 heavy (non-hydrogen) atoms. The van der Waals surface area contributed by atoms with E-state index in [1.807, 2.05) is 37.3 Å². The van der Waals surface area contributed by atoms with Gasteiger partial charge in [0.25, 0.3) is 0 Å². The van der Waals surface area contributed by atoms with Crippen LogP contribution in [0.3, 0.4) is 0 Å². The summed E-state index contributed by atoms with van der Waals surface area (Å²) in [6.45, 7) is 5.70. The Labute approximate surface area is 120 Å². The van der Waals surface area contributed by atoms with Crippen molar-refractivity contribution in [1.82, 2.24) is 0 Å². The maximum absolute atomic E-state index is 13.4. The van der Waals surface area contributed by atoms with Crippen LogP contribution in [0, 0.1) is 12.7 Å². The zero-order valence-corrected chi connectivity index (χ0v) is 12.1. The largest absolute Gasteiger partial charge is 0.397 e. The van der Waals surface area contributed by atoms with Gasteiger partial charge in [-0.3, -0.25) is 0 Å². The van der Waals surface area contributed by atoms with Crippen LogP contribution in [-0.4, -0.2) is 6.54 Å². The summed E-state index contributed by atoms with van der Waals surface area (Å²) >= 11 is 0. The predicted molar refractivity (Wildman–Crippen MR) is 83.3 cm³/mol. The summed E-state index contributed by atoms with van der Waals surface area (Å²) in [5.74, 6) is -0.192. The Morgan fingerprint density at radius 1 is 1.15 bits per heavy atom. The van der Waals surface area contributed by atoms with Crippen molar-refractivity contribution >= 4 is 11.4 Å². The molecule has 2 rings (SSSR count). The fraction of sp³-hybridized carbons (Fsp3) is 0.294. The van der Waals surface area contributed by atoms with Crippen LogP contribution >= 0.6 is 0 Å². The van der Waals surface area contributed by atoms with Crippen LogP contribution in [0.5, 0.6) is 0 Å². The standard InChI is InChI=1S/C17H21FN2/c1-3-10-20(17-7-5-4-6-16(17)19)12-14-11-15(18)9-8-13(14)2/h4-9,11H,3,10,12,19H2,1-2H3. The number of hydrogen-bond acceptors (Lipinski definition) is 2. The Balaban J connectivity index is 2.30. The van der Waals surface area contributed by atoms with Crippen LogP contribution in [0.25, 0.3) is 0 Å². The Morgan fingerprint density at radius 2 is 1.90 bits per heavy atom. The molecule has 2 N–H and O–H groups in total. The molecule has 0 heterocycles. The first-order valence-corrected chi connectivity index (χ1v) is 6.96. The second-order valence-corrected chi connectivity index (χ2v) is 5.05. The van der Waals surface area contributed by atoms with Crippen molar-refractivity contribution < 1.29 is 4.39 Å². The molecule has 0 aromatic heterocycles. The molecule has 0 aliphatic carbocycles. The Morgan fingerprint density at radius 3 is 2.60 bits per heavy atom. The molecule has 0 aliphatic heterocycles. The van der Waals surface area contributed by atoms with Crippen molar-refractivity contribution in [2.24, 2.45) is 0 Å². The molecule has 0 spiro atoms. The average Bonchev–Trinajstić information content (AvgIpc) is 2.43. The minimum Gasteiger partial charge on any atom is -0.397 e. The van der Waals surface area contributed by atoms with Gasteiger partial charge in [0.15, 0.2) is 0 Å². The van der Waals surface area contributed by atoms with Crippen molar-refractivity contribution in [3.8, 4) is 0 Å². The van der Waals surface area contributed by atoms with Crippen LogP contribution in [0.4, 0.5) is 15.8 Å². The number of benzene rings is 2. The van der Waals surface area contributed by atoms with E-state index >= 15 is 0 Å². The summed E-state index contributed by atoms with van der Waals surface area (Å²) < 4.78 is 13.4. The highest BCUT2D eigenvalue weighted by atomic mass is 19.1. The van der Waals surface area contributed by atoms with E-state index in [4.69, 9.17) is 5.73 Å². The van der Waals surface area contributed by atoms with Gasteiger partial charge < -0.3 is 10.6 Å². The van der Waals surface area contributed by atoms with Crippen molar-refractivity contribution in [2.75, 3.05) is 17.2 Å². The normalized spacial score (nSPS) is 10.6. The van der Waals surface area contributed by atoms with Gasteiger partial charge in [0.05, 0.1) is 11.4 Å². The first kappa shape index (κ1) is 14.4. The van der Waals surface area contributed by atoms with Gasteiger partial charge in [-0.15, -0.1) is 0 Å². The topological polar surface area (TPSA) is 29.3 Å². The fourth-order valence-corrected chi connectivity index (χ4v) is 2.35. The van der Waals surface area contributed by atoms with Gasteiger partial charge in [0.2, 0.25) is 0 Å². The Kier molecular flexibility index (Phi) is 4.61. The molecule has 0 amide bonds. The van der Waals surface area contributed by atoms with Crippen LogP contribution in [0.2, 0.25) is 0 Å². The van der Waals surface area contributed by atoms with Crippen molar-refractivity contribution in [2.45, 2.75) is 26.8 Å². The summed E-state index contributed by atoms with van der Waals surface area (Å²) in [7, 11) is 0. The minimum absolute atomic E-state index is 0.192. The molecular weight excluding hydrogens is 251 g/mol. The average molecular weight is 272 g/mol. The lowest BCUT2D eigenvalue weighted by molar-refractivity contribution is 0.623. The molecule has 0 atom stereocenters. The van der Waals surface area contributed by atoms with Crippen LogP contribution in [0.15, 0.2) is 42.5 Å². The summed E-state index contributed by atoms with van der Waals surface area (Å²) in [6, 6.07) is 12.7. The first-order valence-electron chi connectivity index (χ1n) is 6.96. The number of anilines is 2. The second-order valence-electron chi connectivity index (χ2n) is 5.05. The molecule has 106 valence electrons. The zero-order chi connectivity index (χ0) is 14.5. The monoisotopic (exact) mass is 272 g/mol. The smallest absolute Gasteiger partial charge is 0.123 e. The summed E-state index contributed by atoms with van der Waals surface area (Å²) in [4.78, 5) is 2.21. The molecule has 0 fully saturated rings. The predicted octanol–water partition coefficient (Wildman–Crippen LogP) is 4.13. The third-order valence-electron chi connectivity index (χ3n) is 3.44. The highest BCUT2D eigenvalue weighted by Crippen LogP contribution is 2.25. The molecule has 2 aromatic carbocycles. The van der Waals surface area contributed by atoms with E-state index in [-0.39, 0.29) is 5.82 Å². The molecule has 0 bridgehead atoms. The van der Waals surface area contributed by atoms with E-state index in [1.54, 1.807) is 6.07 Å². The SMILES string of the molecule is CCCN(Cc1cc(F)ccc1C)c1ccccc1N. The van der Waals surface area contributed by atoms with E-state index in [2.05, 4.69) is 11.8 Å². The van der Waals surface area contributed by atoms with E-state index in [9.17, 15) is 4.39 Å². The number of nitrogen functional groups attached to an aromatic ring is 1. The number of nitrogens with two attached hydrogens (primary N) is 1. The van der Waals surface area contributed by atoms with Crippen molar-refractivity contribution in [1.29, 1.82) is 0 Å². The zero-order valence-electron chi connectivity index (χ0n) is 12.1. The molecule has 0 radical (unpaired) electrons. The summed E-state index contributed by atoms with van der Waals surface area (Å²) in [5, 5.41) is 0. The highest BCUT2D eigenvalue weighted by molar-refractivity contribution is 5.67. The Hall–Kier alpha value is -2.03. The minimum atomic E-state index is -0.192. The molecule has 0 saturated carbocycles. The molecule has 2 nitrogen and oxygen atoms in total. The van der Waals surface area contributed by atoms with Crippen LogP contribution in [-0.2, 0) is 6.54 Å². The van der Waals surface area contributed by atoms with E-state index in [0.29, 0.717) is 6.54 Å². The number of para-hydroxylation sites is 2. The molecular formula is C17H21FN2. The quantitative estimate of drug-likeness (QED) is 0.829. The lowest BCUT2D eigenvalue weighted by Crippen LogP contribution is -2.24. The van der Waals surface area contributed by atoms with E-state index in [0.717, 1.165) is 35.5 Å². The van der Waals surface area contributed by atoms with E-state index < -0.39 is 0 Å². The lowest BCUT2D eigenvalue weighted by atomic mass is 10.1. The molecule has 0 aliphatic rings. The van der Waals surface area contributed by atoms with Gasteiger partial charge in [-0.2, -0.15) is 0 Å². The number of aryl methyl sites for hydroxylation is 1. The second kappa shape index (κ2) is 6.42. The molecule has 2 aromatic rings. The van der Waals surface area contributed by atoms with Gasteiger partial charge in [-0.05, 0) is 48.7 Å². The highest BCUT2D eigenvalue weighted by Gasteiger charge is 2.11. The number of halogens is 1. The summed E-state index contributed by atoms with van der Waals surface area (Å²) in [6.07, 6.45) is 1.02. The van der Waals surface area contributed by atoms with Crippen LogP contribution < -0.4 is 10.6 Å². The maximum Gasteiger partial charge on any atom is 0.123 e. The fourth-order valence-electron chi connectivity index (χ4n) is 2.35. The van der Waals surface area contributed by atoms with Gasteiger partial charge >= 0.3 is 0 Å². The Bertz CT molecular complexity index is 581. The van der Waals surface area contributed by atoms with Gasteiger partial charge in [0, 0.05) is 13.1 Å². The summed E-state index contributed by atoms with van der Waals surface area (Å²) in [5.41, 5.74) is 9.93. The lowest BCUT2D eigenvalue weighted by Gasteiger charge is -2.26. The van der Waals surface area contributed by atoms with E-state index in [1.165, 1.54) is 6.07 Å². The first-order chi connectivity index (χ1) is 9.61. The number of nitrogens with zero attached hydrogens (tertiary/aromatic N) is 1. The molecule has 3 heteroatoms. The third kappa shape index (κ3) is 3.29. The number of hydrogen-bond donors (Lipinski definition) is 1. The molecule has 0 unspecified atom stereocenters.